The van der Waals surface area contributed by atoms with Gasteiger partial charge in [-0.15, -0.1) is 0 Å². The van der Waals surface area contributed by atoms with Gasteiger partial charge in [0.2, 0.25) is 0 Å². The highest BCUT2D eigenvalue weighted by Crippen LogP contribution is 2.37. The third-order valence-electron chi connectivity index (χ3n) is 3.93. The average molecular weight is 282 g/mol. The maximum absolute atomic E-state index is 12.2. The fourth-order valence-electron chi connectivity index (χ4n) is 2.74. The molecule has 1 aliphatic carbocycles. The van der Waals surface area contributed by atoms with E-state index in [0.29, 0.717) is 22.8 Å². The minimum absolute atomic E-state index is 0.00297. The second-order valence-corrected chi connectivity index (χ2v) is 5.96. The lowest BCUT2D eigenvalue weighted by Gasteiger charge is -2.12. The predicted octanol–water partition coefficient (Wildman–Crippen LogP) is 2.35. The Bertz CT molecular complexity index is 461. The number of nitrogens with zero attached hydrogens (tertiary/aromatic N) is 1. The molecular weight excluding hydrogens is 262 g/mol. The monoisotopic (exact) mass is 281 g/mol. The van der Waals surface area contributed by atoms with E-state index in [9.17, 15) is 4.79 Å². The van der Waals surface area contributed by atoms with Gasteiger partial charge in [-0.3, -0.25) is 4.79 Å². The van der Waals surface area contributed by atoms with Crippen LogP contribution in [0.15, 0.2) is 12.3 Å². The molecule has 2 N–H and O–H groups in total. The minimum Gasteiger partial charge on any atom is -0.351 e. The summed E-state index contributed by atoms with van der Waals surface area (Å²) in [4.78, 5) is 12.2. The normalized spacial score (nSPS) is 22.7. The number of carbonyl (C=O) groups is 1. The molecule has 4 nitrogen and oxygen atoms in total. The number of hydrogen-bond donors (Lipinski definition) is 2. The molecule has 19 heavy (non-hydrogen) atoms. The van der Waals surface area contributed by atoms with E-state index in [1.165, 1.54) is 12.8 Å². The van der Waals surface area contributed by atoms with E-state index in [-0.39, 0.29) is 5.91 Å². The van der Waals surface area contributed by atoms with Gasteiger partial charge in [-0.2, -0.15) is 0 Å². The van der Waals surface area contributed by atoms with Crippen molar-refractivity contribution in [1.29, 1.82) is 0 Å². The van der Waals surface area contributed by atoms with E-state index >= 15 is 0 Å². The van der Waals surface area contributed by atoms with Gasteiger partial charge in [0.15, 0.2) is 0 Å². The Morgan fingerprint density at radius 3 is 3.00 bits per heavy atom. The van der Waals surface area contributed by atoms with Crippen LogP contribution in [-0.2, 0) is 0 Å². The summed E-state index contributed by atoms with van der Waals surface area (Å²) in [5.41, 5.74) is 0.701. The summed E-state index contributed by atoms with van der Waals surface area (Å²) >= 11 is 6.01. The average Bonchev–Trinajstić information content (AvgIpc) is 2.96. The van der Waals surface area contributed by atoms with Gasteiger partial charge >= 0.3 is 0 Å². The second-order valence-electron chi connectivity index (χ2n) is 5.52. The Labute approximate surface area is 118 Å². The molecule has 5 heteroatoms. The molecule has 1 atom stereocenters. The van der Waals surface area contributed by atoms with Crippen LogP contribution < -0.4 is 10.6 Å². The molecule has 1 amide bonds. The lowest BCUT2D eigenvalue weighted by atomic mass is 10.1. The van der Waals surface area contributed by atoms with Gasteiger partial charge in [0, 0.05) is 24.8 Å². The second kappa shape index (κ2) is 5.55. The first-order valence-corrected chi connectivity index (χ1v) is 7.51. The highest BCUT2D eigenvalue weighted by Gasteiger charge is 2.27. The predicted molar refractivity (Wildman–Crippen MR) is 75.7 cm³/mol. The molecule has 0 radical (unpaired) electrons. The highest BCUT2D eigenvalue weighted by molar-refractivity contribution is 6.31. The lowest BCUT2D eigenvalue weighted by Crippen LogP contribution is -2.31. The van der Waals surface area contributed by atoms with E-state index in [2.05, 4.69) is 10.6 Å². The van der Waals surface area contributed by atoms with Crippen LogP contribution in [-0.4, -0.2) is 29.6 Å². The summed E-state index contributed by atoms with van der Waals surface area (Å²) in [5, 5.41) is 7.09. The largest absolute Gasteiger partial charge is 0.351 e. The van der Waals surface area contributed by atoms with Crippen LogP contribution in [0.4, 0.5) is 0 Å². The standard InChI is InChI=1S/C14H20ClN3O/c15-10-8-13(18(9-10)12-3-4-12)14(19)17-7-5-11-2-1-6-16-11/h8-9,11-12,16H,1-7H2,(H,17,19)/t11-/m0/s1. The smallest absolute Gasteiger partial charge is 0.267 e. The summed E-state index contributed by atoms with van der Waals surface area (Å²) in [6.45, 7) is 1.84. The van der Waals surface area contributed by atoms with Crippen LogP contribution in [0.25, 0.3) is 0 Å². The van der Waals surface area contributed by atoms with E-state index in [0.717, 1.165) is 32.4 Å². The Morgan fingerprint density at radius 2 is 2.32 bits per heavy atom. The zero-order chi connectivity index (χ0) is 13.2. The van der Waals surface area contributed by atoms with Gasteiger partial charge in [0.25, 0.3) is 5.91 Å². The Balaban J connectivity index is 1.54. The molecule has 2 fully saturated rings. The van der Waals surface area contributed by atoms with Crippen molar-refractivity contribution in [3.05, 3.63) is 23.0 Å². The van der Waals surface area contributed by atoms with Crippen molar-refractivity contribution in [1.82, 2.24) is 15.2 Å². The Morgan fingerprint density at radius 1 is 1.47 bits per heavy atom. The first-order chi connectivity index (χ1) is 9.24. The van der Waals surface area contributed by atoms with Gasteiger partial charge in [-0.1, -0.05) is 11.6 Å². The summed E-state index contributed by atoms with van der Waals surface area (Å²) in [5.74, 6) is -0.00297. The fourth-order valence-corrected chi connectivity index (χ4v) is 2.94. The molecule has 104 valence electrons. The van der Waals surface area contributed by atoms with Crippen LogP contribution in [0.2, 0.25) is 5.02 Å². The molecule has 0 unspecified atom stereocenters. The van der Waals surface area contributed by atoms with E-state index in [1.807, 2.05) is 10.8 Å². The summed E-state index contributed by atoms with van der Waals surface area (Å²) in [6.07, 6.45) is 7.64. The number of rotatable bonds is 5. The molecule has 1 aliphatic heterocycles. The molecule has 3 rings (SSSR count). The van der Waals surface area contributed by atoms with Gasteiger partial charge in [0.1, 0.15) is 5.69 Å². The van der Waals surface area contributed by atoms with Crippen LogP contribution >= 0.6 is 11.6 Å². The quantitative estimate of drug-likeness (QED) is 0.870. The van der Waals surface area contributed by atoms with Crippen LogP contribution in [0.3, 0.4) is 0 Å². The van der Waals surface area contributed by atoms with Crippen LogP contribution in [0.5, 0.6) is 0 Å². The maximum Gasteiger partial charge on any atom is 0.267 e. The van der Waals surface area contributed by atoms with Crippen LogP contribution in [0, 0.1) is 0 Å². The summed E-state index contributed by atoms with van der Waals surface area (Å²) in [6, 6.07) is 2.81. The first-order valence-electron chi connectivity index (χ1n) is 7.13. The zero-order valence-electron chi connectivity index (χ0n) is 11.0. The molecule has 0 aromatic carbocycles. The Hall–Kier alpha value is -1.00. The highest BCUT2D eigenvalue weighted by atomic mass is 35.5. The molecule has 0 bridgehead atoms. The first kappa shape index (κ1) is 13.0. The number of halogens is 1. The van der Waals surface area contributed by atoms with Gasteiger partial charge in [-0.25, -0.2) is 0 Å². The maximum atomic E-state index is 12.2. The van der Waals surface area contributed by atoms with Crippen molar-refractivity contribution in [2.75, 3.05) is 13.1 Å². The molecule has 2 heterocycles. The van der Waals surface area contributed by atoms with E-state index < -0.39 is 0 Å². The van der Waals surface area contributed by atoms with E-state index in [4.69, 9.17) is 11.6 Å². The molecule has 1 saturated carbocycles. The third-order valence-corrected chi connectivity index (χ3v) is 4.14. The summed E-state index contributed by atoms with van der Waals surface area (Å²) in [7, 11) is 0. The number of amides is 1. The van der Waals surface area contributed by atoms with Crippen molar-refractivity contribution in [2.24, 2.45) is 0 Å². The van der Waals surface area contributed by atoms with Crippen molar-refractivity contribution in [3.63, 3.8) is 0 Å². The van der Waals surface area contributed by atoms with Crippen molar-refractivity contribution in [3.8, 4) is 0 Å². The molecule has 1 aromatic rings. The van der Waals surface area contributed by atoms with Crippen molar-refractivity contribution >= 4 is 17.5 Å². The fraction of sp³-hybridized carbons (Fsp3) is 0.643. The minimum atomic E-state index is -0.00297. The van der Waals surface area contributed by atoms with Crippen molar-refractivity contribution in [2.45, 2.75) is 44.2 Å². The number of carbonyl (C=O) groups excluding carboxylic acids is 1. The topological polar surface area (TPSA) is 46.1 Å². The third kappa shape index (κ3) is 3.12. The number of hydrogen-bond acceptors (Lipinski definition) is 2. The molecule has 2 aliphatic rings. The van der Waals surface area contributed by atoms with E-state index in [1.54, 1.807) is 6.07 Å². The zero-order valence-corrected chi connectivity index (χ0v) is 11.7. The number of nitrogens with one attached hydrogen (secondary N) is 2. The molecule has 1 aromatic heterocycles. The van der Waals surface area contributed by atoms with Crippen molar-refractivity contribution < 1.29 is 4.79 Å². The van der Waals surface area contributed by atoms with Gasteiger partial charge in [0.05, 0.1) is 5.02 Å². The lowest BCUT2D eigenvalue weighted by molar-refractivity contribution is 0.0943. The summed E-state index contributed by atoms with van der Waals surface area (Å²) < 4.78 is 2.02. The molecule has 1 saturated heterocycles. The SMILES string of the molecule is O=C(NCC[C@@H]1CCCN1)c1cc(Cl)cn1C1CC1. The van der Waals surface area contributed by atoms with Gasteiger partial charge in [-0.05, 0) is 44.7 Å². The molecular formula is C14H20ClN3O. The molecule has 0 spiro atoms. The number of aromatic nitrogens is 1. The van der Waals surface area contributed by atoms with Crippen LogP contribution in [0.1, 0.15) is 48.6 Å². The van der Waals surface area contributed by atoms with Gasteiger partial charge < -0.3 is 15.2 Å². The Kier molecular flexibility index (Phi) is 3.80.